The minimum atomic E-state index is -3.23. The van der Waals surface area contributed by atoms with Gasteiger partial charge in [0.25, 0.3) is 0 Å². The zero-order chi connectivity index (χ0) is 19.5. The fourth-order valence-corrected chi connectivity index (χ4v) is 3.81. The number of carbonyl (C=O) groups is 2. The molecule has 0 aromatic heterocycles. The Morgan fingerprint density at radius 1 is 1.15 bits per heavy atom. The van der Waals surface area contributed by atoms with Crippen LogP contribution in [-0.4, -0.2) is 44.5 Å². The Morgan fingerprint density at radius 2 is 1.77 bits per heavy atom. The van der Waals surface area contributed by atoms with Crippen LogP contribution < -0.4 is 5.32 Å². The molecule has 0 unspecified atom stereocenters. The van der Waals surface area contributed by atoms with Crippen molar-refractivity contribution in [3.8, 4) is 0 Å². The van der Waals surface area contributed by atoms with Gasteiger partial charge in [0.1, 0.15) is 0 Å². The average molecular weight is 381 g/mol. The van der Waals surface area contributed by atoms with Crippen LogP contribution in [0.1, 0.15) is 45.2 Å². The van der Waals surface area contributed by atoms with E-state index in [9.17, 15) is 18.0 Å². The van der Waals surface area contributed by atoms with E-state index >= 15 is 0 Å². The first-order valence-corrected chi connectivity index (χ1v) is 10.9. The minimum absolute atomic E-state index is 0.0639. The van der Waals surface area contributed by atoms with Crippen molar-refractivity contribution in [2.24, 2.45) is 11.8 Å². The Kier molecular flexibility index (Phi) is 6.44. The lowest BCUT2D eigenvalue weighted by Crippen LogP contribution is -2.47. The van der Waals surface area contributed by atoms with Gasteiger partial charge in [-0.15, -0.1) is 0 Å². The molecule has 2 rings (SSSR count). The fraction of sp³-hybridized carbons (Fsp3) is 0.579. The number of hydrogen-bond acceptors (Lipinski definition) is 4. The lowest BCUT2D eigenvalue weighted by atomic mass is 9.95. The summed E-state index contributed by atoms with van der Waals surface area (Å²) in [5, 5.41) is 2.99. The van der Waals surface area contributed by atoms with E-state index in [1.54, 1.807) is 29.2 Å². The highest BCUT2D eigenvalue weighted by atomic mass is 32.2. The molecule has 6 nitrogen and oxygen atoms in total. The monoisotopic (exact) mass is 380 g/mol. The zero-order valence-electron chi connectivity index (χ0n) is 15.9. The van der Waals surface area contributed by atoms with Crippen molar-refractivity contribution in [3.63, 3.8) is 0 Å². The molecule has 2 amide bonds. The molecule has 0 radical (unpaired) electrons. The molecular formula is C19H28N2O4S. The lowest BCUT2D eigenvalue weighted by Gasteiger charge is -2.33. The minimum Gasteiger partial charge on any atom is -0.349 e. The van der Waals surface area contributed by atoms with Crippen LogP contribution in [0.2, 0.25) is 0 Å². The van der Waals surface area contributed by atoms with Gasteiger partial charge in [-0.05, 0) is 37.5 Å². The maximum Gasteiger partial charge on any atom is 0.225 e. The second-order valence-corrected chi connectivity index (χ2v) is 9.37. The van der Waals surface area contributed by atoms with Crippen LogP contribution in [0.25, 0.3) is 0 Å². The first kappa shape index (κ1) is 20.4. The van der Waals surface area contributed by atoms with Gasteiger partial charge >= 0.3 is 0 Å². The smallest absolute Gasteiger partial charge is 0.225 e. The highest BCUT2D eigenvalue weighted by Gasteiger charge is 2.29. The summed E-state index contributed by atoms with van der Waals surface area (Å²) >= 11 is 0. The van der Waals surface area contributed by atoms with E-state index in [0.717, 1.165) is 18.4 Å². The second kappa shape index (κ2) is 8.20. The predicted molar refractivity (Wildman–Crippen MR) is 100 cm³/mol. The third-order valence-electron chi connectivity index (χ3n) is 4.76. The Labute approximate surface area is 155 Å². The van der Waals surface area contributed by atoms with Crippen LogP contribution in [-0.2, 0) is 19.4 Å². The van der Waals surface area contributed by atoms with Crippen LogP contribution in [0.3, 0.4) is 0 Å². The number of sulfone groups is 1. The van der Waals surface area contributed by atoms with Gasteiger partial charge in [-0.25, -0.2) is 8.42 Å². The Morgan fingerprint density at radius 3 is 2.31 bits per heavy atom. The normalized spacial score (nSPS) is 19.3. The van der Waals surface area contributed by atoms with Crippen molar-refractivity contribution in [2.45, 2.75) is 44.6 Å². The molecule has 0 saturated carbocycles. The molecule has 0 bridgehead atoms. The molecule has 0 aliphatic carbocycles. The number of hydrogen-bond donors (Lipinski definition) is 1. The number of nitrogens with zero attached hydrogens (tertiary/aromatic N) is 1. The van der Waals surface area contributed by atoms with Gasteiger partial charge in [-0.2, -0.15) is 0 Å². The highest BCUT2D eigenvalue weighted by Crippen LogP contribution is 2.21. The van der Waals surface area contributed by atoms with E-state index in [1.807, 2.05) is 20.8 Å². The largest absolute Gasteiger partial charge is 0.349 e. The maximum absolute atomic E-state index is 12.6. The molecule has 1 N–H and O–H groups in total. The number of nitrogens with one attached hydrogen (secondary N) is 1. The van der Waals surface area contributed by atoms with Crippen LogP contribution >= 0.6 is 0 Å². The number of rotatable bonds is 5. The molecule has 1 aromatic carbocycles. The van der Waals surface area contributed by atoms with Gasteiger partial charge < -0.3 is 10.2 Å². The van der Waals surface area contributed by atoms with Gasteiger partial charge in [-0.1, -0.05) is 26.0 Å². The number of benzene rings is 1. The molecular weight excluding hydrogens is 352 g/mol. The topological polar surface area (TPSA) is 83.6 Å². The fourth-order valence-electron chi connectivity index (χ4n) is 3.17. The van der Waals surface area contributed by atoms with Crippen molar-refractivity contribution in [2.75, 3.05) is 19.3 Å². The van der Waals surface area contributed by atoms with E-state index in [2.05, 4.69) is 5.32 Å². The van der Waals surface area contributed by atoms with Crippen LogP contribution in [0.4, 0.5) is 0 Å². The number of likely N-dealkylation sites (tertiary alicyclic amines) is 1. The summed E-state index contributed by atoms with van der Waals surface area (Å²) in [5.74, 6) is -0.244. The summed E-state index contributed by atoms with van der Waals surface area (Å²) in [6, 6.07) is 6.31. The molecule has 7 heteroatoms. The first-order chi connectivity index (χ1) is 12.1. The maximum atomic E-state index is 12.6. The van der Waals surface area contributed by atoms with Crippen LogP contribution in [0.15, 0.2) is 29.2 Å². The van der Waals surface area contributed by atoms with Gasteiger partial charge in [0.2, 0.25) is 11.8 Å². The molecule has 1 aliphatic heterocycles. The third-order valence-corrected chi connectivity index (χ3v) is 5.89. The Balaban J connectivity index is 1.99. The van der Waals surface area contributed by atoms with E-state index < -0.39 is 9.84 Å². The average Bonchev–Trinajstić information content (AvgIpc) is 2.60. The summed E-state index contributed by atoms with van der Waals surface area (Å²) in [4.78, 5) is 26.8. The molecule has 1 aliphatic rings. The van der Waals surface area contributed by atoms with Crippen LogP contribution in [0, 0.1) is 11.8 Å². The second-order valence-electron chi connectivity index (χ2n) is 7.35. The Bertz CT molecular complexity index is 756. The SMILES string of the molecule is CC(C)C(=O)N1CCC[C@@H](C(=O)N[C@H](C)c2ccc(S(C)(=O)=O)cc2)C1. The van der Waals surface area contributed by atoms with E-state index in [-0.39, 0.29) is 34.6 Å². The van der Waals surface area contributed by atoms with Crippen LogP contribution in [0.5, 0.6) is 0 Å². The van der Waals surface area contributed by atoms with Crippen molar-refractivity contribution >= 4 is 21.7 Å². The van der Waals surface area contributed by atoms with Gasteiger partial charge in [-0.3, -0.25) is 9.59 Å². The van der Waals surface area contributed by atoms with Crippen molar-refractivity contribution < 1.29 is 18.0 Å². The Hall–Kier alpha value is -1.89. The molecule has 1 saturated heterocycles. The lowest BCUT2D eigenvalue weighted by molar-refractivity contribution is -0.138. The molecule has 1 aromatic rings. The highest BCUT2D eigenvalue weighted by molar-refractivity contribution is 7.90. The van der Waals surface area contributed by atoms with Crippen molar-refractivity contribution in [3.05, 3.63) is 29.8 Å². The summed E-state index contributed by atoms with van der Waals surface area (Å²) in [6.07, 6.45) is 2.77. The van der Waals surface area contributed by atoms with Crippen molar-refractivity contribution in [1.82, 2.24) is 10.2 Å². The van der Waals surface area contributed by atoms with Gasteiger partial charge in [0.15, 0.2) is 9.84 Å². The summed E-state index contributed by atoms with van der Waals surface area (Å²) < 4.78 is 23.1. The van der Waals surface area contributed by atoms with E-state index in [4.69, 9.17) is 0 Å². The van der Waals surface area contributed by atoms with E-state index in [0.29, 0.717) is 13.1 Å². The summed E-state index contributed by atoms with van der Waals surface area (Å²) in [7, 11) is -3.23. The summed E-state index contributed by atoms with van der Waals surface area (Å²) in [6.45, 7) is 6.78. The molecule has 144 valence electrons. The van der Waals surface area contributed by atoms with Gasteiger partial charge in [0, 0.05) is 25.3 Å². The molecule has 2 atom stereocenters. The predicted octanol–water partition coefficient (Wildman–Crippen LogP) is 2.16. The number of amides is 2. The van der Waals surface area contributed by atoms with Crippen molar-refractivity contribution in [1.29, 1.82) is 0 Å². The van der Waals surface area contributed by atoms with E-state index in [1.165, 1.54) is 6.26 Å². The first-order valence-electron chi connectivity index (χ1n) is 8.98. The standard InChI is InChI=1S/C19H28N2O4S/c1-13(2)19(23)21-11-5-6-16(12-21)18(22)20-14(3)15-7-9-17(10-8-15)26(4,24)25/h7-10,13-14,16H,5-6,11-12H2,1-4H3,(H,20,22)/t14-,16-/m1/s1. The number of carbonyl (C=O) groups excluding carboxylic acids is 2. The summed E-state index contributed by atoms with van der Waals surface area (Å²) in [5.41, 5.74) is 0.844. The number of piperidine rings is 1. The molecule has 1 heterocycles. The molecule has 1 fully saturated rings. The zero-order valence-corrected chi connectivity index (χ0v) is 16.7. The molecule has 0 spiro atoms. The molecule has 26 heavy (non-hydrogen) atoms. The third kappa shape index (κ3) is 5.06. The quantitative estimate of drug-likeness (QED) is 0.848. The van der Waals surface area contributed by atoms with Gasteiger partial charge in [0.05, 0.1) is 16.9 Å².